The molecule has 0 atom stereocenters. The number of rotatable bonds is 2. The van der Waals surface area contributed by atoms with Crippen molar-refractivity contribution in [2.24, 2.45) is 0 Å². The van der Waals surface area contributed by atoms with Crippen molar-refractivity contribution in [3.05, 3.63) is 72.3 Å². The van der Waals surface area contributed by atoms with Crippen LogP contribution >= 0.6 is 0 Å². The van der Waals surface area contributed by atoms with Gasteiger partial charge in [0.25, 0.3) is 0 Å². The second-order valence-corrected chi connectivity index (χ2v) is 4.54. The van der Waals surface area contributed by atoms with Gasteiger partial charge in [-0.05, 0) is 33.9 Å². The Hall–Kier alpha value is -2.08. The van der Waals surface area contributed by atoms with Crippen LogP contribution < -0.4 is 0 Å². The number of hydrogen-bond acceptors (Lipinski definition) is 0. The third-order valence-electron chi connectivity index (χ3n) is 3.48. The highest BCUT2D eigenvalue weighted by Gasteiger charge is 2.06. The van der Waals surface area contributed by atoms with Crippen molar-refractivity contribution in [1.82, 2.24) is 0 Å². The third-order valence-corrected chi connectivity index (χ3v) is 3.48. The van der Waals surface area contributed by atoms with Crippen LogP contribution in [0, 0.1) is 0 Å². The molecule has 0 aromatic heterocycles. The van der Waals surface area contributed by atoms with Crippen LogP contribution in [0.5, 0.6) is 0 Å². The Bertz CT molecular complexity index is 675. The fraction of sp³-hybridized carbons (Fsp3) is 0.111. The zero-order chi connectivity index (χ0) is 12.4. The minimum absolute atomic E-state index is 1.07. The van der Waals surface area contributed by atoms with Crippen molar-refractivity contribution < 1.29 is 0 Å². The Morgan fingerprint density at radius 1 is 0.667 bits per heavy atom. The van der Waals surface area contributed by atoms with E-state index in [0.29, 0.717) is 0 Å². The van der Waals surface area contributed by atoms with Gasteiger partial charge < -0.3 is 0 Å². The summed E-state index contributed by atoms with van der Waals surface area (Å²) in [4.78, 5) is 0. The molecule has 0 fully saturated rings. The highest BCUT2D eigenvalue weighted by molar-refractivity contribution is 5.97. The van der Waals surface area contributed by atoms with Gasteiger partial charge >= 0.3 is 0 Å². The van der Waals surface area contributed by atoms with E-state index in [1.54, 1.807) is 0 Å². The molecule has 0 saturated carbocycles. The molecule has 0 bridgehead atoms. The fourth-order valence-corrected chi connectivity index (χ4v) is 2.55. The third kappa shape index (κ3) is 1.80. The zero-order valence-corrected chi connectivity index (χ0v) is 10.6. The lowest BCUT2D eigenvalue weighted by atomic mass is 9.94. The molecular formula is C18H16. The summed E-state index contributed by atoms with van der Waals surface area (Å²) in [7, 11) is 0. The van der Waals surface area contributed by atoms with Gasteiger partial charge in [0.15, 0.2) is 0 Å². The second-order valence-electron chi connectivity index (χ2n) is 4.54. The molecule has 18 heavy (non-hydrogen) atoms. The lowest BCUT2D eigenvalue weighted by Gasteiger charge is -2.10. The molecule has 0 spiro atoms. The van der Waals surface area contributed by atoms with Crippen molar-refractivity contribution in [2.75, 3.05) is 0 Å². The predicted octanol–water partition coefficient (Wildman–Crippen LogP) is 5.07. The van der Waals surface area contributed by atoms with E-state index in [9.17, 15) is 0 Å². The SMILES string of the molecule is CCc1ccccc1-c1cccc2ccccc12. The van der Waals surface area contributed by atoms with E-state index in [2.05, 4.69) is 73.7 Å². The maximum atomic E-state index is 2.22. The standard InChI is InChI=1S/C18H16/c1-2-14-8-3-5-11-16(14)18-13-7-10-15-9-4-6-12-17(15)18/h3-13H,2H2,1H3. The topological polar surface area (TPSA) is 0 Å². The smallest absolute Gasteiger partial charge is 0.0103 e. The van der Waals surface area contributed by atoms with Crippen molar-refractivity contribution in [2.45, 2.75) is 13.3 Å². The van der Waals surface area contributed by atoms with E-state index in [1.165, 1.54) is 27.5 Å². The van der Waals surface area contributed by atoms with Gasteiger partial charge in [0.05, 0.1) is 0 Å². The summed E-state index contributed by atoms with van der Waals surface area (Å²) >= 11 is 0. The first-order valence-corrected chi connectivity index (χ1v) is 6.46. The first-order chi connectivity index (χ1) is 8.90. The number of fused-ring (bicyclic) bond motifs is 1. The van der Waals surface area contributed by atoms with Crippen molar-refractivity contribution in [3.8, 4) is 11.1 Å². The molecule has 0 N–H and O–H groups in total. The van der Waals surface area contributed by atoms with Crippen LogP contribution in [0.1, 0.15) is 12.5 Å². The Morgan fingerprint density at radius 2 is 1.33 bits per heavy atom. The summed E-state index contributed by atoms with van der Waals surface area (Å²) in [5.41, 5.74) is 4.11. The molecule has 0 amide bonds. The van der Waals surface area contributed by atoms with Crippen LogP contribution in [-0.2, 0) is 6.42 Å². The van der Waals surface area contributed by atoms with E-state index in [-0.39, 0.29) is 0 Å². The number of benzene rings is 3. The predicted molar refractivity (Wildman–Crippen MR) is 78.8 cm³/mol. The van der Waals surface area contributed by atoms with Crippen LogP contribution in [0.4, 0.5) is 0 Å². The molecule has 88 valence electrons. The average Bonchev–Trinajstić information content (AvgIpc) is 2.46. The maximum Gasteiger partial charge on any atom is -0.0103 e. The minimum atomic E-state index is 1.07. The summed E-state index contributed by atoms with van der Waals surface area (Å²) in [6, 6.07) is 23.8. The molecule has 0 saturated heterocycles. The fourth-order valence-electron chi connectivity index (χ4n) is 2.55. The van der Waals surface area contributed by atoms with Gasteiger partial charge in [-0.1, -0.05) is 73.7 Å². The van der Waals surface area contributed by atoms with Gasteiger partial charge in [-0.15, -0.1) is 0 Å². The van der Waals surface area contributed by atoms with Crippen LogP contribution in [0.25, 0.3) is 21.9 Å². The highest BCUT2D eigenvalue weighted by Crippen LogP contribution is 2.30. The highest BCUT2D eigenvalue weighted by atomic mass is 14.1. The second kappa shape index (κ2) is 4.66. The zero-order valence-electron chi connectivity index (χ0n) is 10.6. The lowest BCUT2D eigenvalue weighted by molar-refractivity contribution is 1.14. The monoisotopic (exact) mass is 232 g/mol. The molecule has 0 aliphatic heterocycles. The van der Waals surface area contributed by atoms with Gasteiger partial charge in [-0.25, -0.2) is 0 Å². The van der Waals surface area contributed by atoms with Crippen molar-refractivity contribution in [3.63, 3.8) is 0 Å². The Balaban J connectivity index is 2.32. The van der Waals surface area contributed by atoms with E-state index < -0.39 is 0 Å². The van der Waals surface area contributed by atoms with E-state index >= 15 is 0 Å². The van der Waals surface area contributed by atoms with Gasteiger partial charge in [-0.2, -0.15) is 0 Å². The molecule has 0 radical (unpaired) electrons. The van der Waals surface area contributed by atoms with E-state index in [0.717, 1.165) is 6.42 Å². The van der Waals surface area contributed by atoms with Crippen molar-refractivity contribution in [1.29, 1.82) is 0 Å². The number of aryl methyl sites for hydroxylation is 1. The number of hydrogen-bond donors (Lipinski definition) is 0. The Morgan fingerprint density at radius 3 is 2.22 bits per heavy atom. The van der Waals surface area contributed by atoms with Crippen LogP contribution in [-0.4, -0.2) is 0 Å². The van der Waals surface area contributed by atoms with E-state index in [1.807, 2.05) is 0 Å². The maximum absolute atomic E-state index is 2.22. The quantitative estimate of drug-likeness (QED) is 0.578. The van der Waals surface area contributed by atoms with Crippen LogP contribution in [0.2, 0.25) is 0 Å². The van der Waals surface area contributed by atoms with Gasteiger partial charge in [-0.3, -0.25) is 0 Å². The molecule has 0 aliphatic carbocycles. The summed E-state index contributed by atoms with van der Waals surface area (Å²) in [5.74, 6) is 0. The molecule has 0 heterocycles. The summed E-state index contributed by atoms with van der Waals surface area (Å²) in [6.45, 7) is 2.21. The summed E-state index contributed by atoms with van der Waals surface area (Å²) in [6.07, 6.45) is 1.07. The normalized spacial score (nSPS) is 10.7. The molecule has 0 nitrogen and oxygen atoms in total. The first kappa shape index (κ1) is 11.0. The van der Waals surface area contributed by atoms with Crippen LogP contribution in [0.15, 0.2) is 66.7 Å². The Labute approximate surface area is 108 Å². The van der Waals surface area contributed by atoms with Crippen molar-refractivity contribution >= 4 is 10.8 Å². The van der Waals surface area contributed by atoms with Gasteiger partial charge in [0, 0.05) is 0 Å². The molecule has 0 unspecified atom stereocenters. The lowest BCUT2D eigenvalue weighted by Crippen LogP contribution is -1.88. The minimum Gasteiger partial charge on any atom is -0.0620 e. The first-order valence-electron chi connectivity index (χ1n) is 6.46. The summed E-state index contributed by atoms with van der Waals surface area (Å²) in [5, 5.41) is 2.64. The van der Waals surface area contributed by atoms with Crippen LogP contribution in [0.3, 0.4) is 0 Å². The van der Waals surface area contributed by atoms with Gasteiger partial charge in [0.2, 0.25) is 0 Å². The molecule has 3 rings (SSSR count). The molecule has 0 heteroatoms. The average molecular weight is 232 g/mol. The molecule has 0 aliphatic rings. The van der Waals surface area contributed by atoms with E-state index in [4.69, 9.17) is 0 Å². The molecule has 3 aromatic rings. The summed E-state index contributed by atoms with van der Waals surface area (Å²) < 4.78 is 0. The Kier molecular flexibility index (Phi) is 2.85. The molecular weight excluding hydrogens is 216 g/mol. The largest absolute Gasteiger partial charge is 0.0620 e. The van der Waals surface area contributed by atoms with Gasteiger partial charge in [0.1, 0.15) is 0 Å². The molecule has 3 aromatic carbocycles.